The first-order valence-electron chi connectivity index (χ1n) is 6.35. The first-order chi connectivity index (χ1) is 8.56. The van der Waals surface area contributed by atoms with Gasteiger partial charge in [-0.25, -0.2) is 4.39 Å². The zero-order valence-electron chi connectivity index (χ0n) is 10.8. The minimum absolute atomic E-state index is 0.0459. The first kappa shape index (κ1) is 13.0. The summed E-state index contributed by atoms with van der Waals surface area (Å²) >= 11 is 0. The Hall–Kier alpha value is -1.42. The van der Waals surface area contributed by atoms with Crippen molar-refractivity contribution in [3.8, 4) is 0 Å². The van der Waals surface area contributed by atoms with Gasteiger partial charge in [0.2, 0.25) is 5.91 Å². The number of benzene rings is 1. The maximum atomic E-state index is 13.4. The Morgan fingerprint density at radius 2 is 2.22 bits per heavy atom. The van der Waals surface area contributed by atoms with E-state index in [1.807, 2.05) is 13.0 Å². The van der Waals surface area contributed by atoms with Gasteiger partial charge in [-0.1, -0.05) is 12.1 Å². The van der Waals surface area contributed by atoms with E-state index in [1.54, 1.807) is 13.0 Å². The summed E-state index contributed by atoms with van der Waals surface area (Å²) in [5.74, 6) is -0.278. The maximum Gasteiger partial charge on any atom is 0.234 e. The molecule has 1 aliphatic carbocycles. The molecule has 0 radical (unpaired) electrons. The molecule has 1 saturated carbocycles. The van der Waals surface area contributed by atoms with Crippen LogP contribution in [0.1, 0.15) is 36.9 Å². The molecule has 1 unspecified atom stereocenters. The van der Waals surface area contributed by atoms with Crippen molar-refractivity contribution in [3.63, 3.8) is 0 Å². The second kappa shape index (κ2) is 5.48. The fourth-order valence-electron chi connectivity index (χ4n) is 1.78. The highest BCUT2D eigenvalue weighted by atomic mass is 19.1. The largest absolute Gasteiger partial charge is 0.348 e. The van der Waals surface area contributed by atoms with Gasteiger partial charge in [-0.05, 0) is 43.9 Å². The molecule has 18 heavy (non-hydrogen) atoms. The Labute approximate surface area is 107 Å². The van der Waals surface area contributed by atoms with Gasteiger partial charge in [-0.2, -0.15) is 0 Å². The third-order valence-electron chi connectivity index (χ3n) is 3.20. The van der Waals surface area contributed by atoms with Crippen LogP contribution in [-0.4, -0.2) is 18.5 Å². The molecule has 0 aromatic heterocycles. The third kappa shape index (κ3) is 3.53. The molecule has 1 aliphatic rings. The second-order valence-corrected chi connectivity index (χ2v) is 4.95. The van der Waals surface area contributed by atoms with Crippen molar-refractivity contribution < 1.29 is 9.18 Å². The van der Waals surface area contributed by atoms with Gasteiger partial charge in [0.1, 0.15) is 5.82 Å². The van der Waals surface area contributed by atoms with E-state index in [-0.39, 0.29) is 17.8 Å². The summed E-state index contributed by atoms with van der Waals surface area (Å²) in [4.78, 5) is 11.6. The lowest BCUT2D eigenvalue weighted by atomic mass is 10.1. The molecule has 0 aliphatic heterocycles. The van der Waals surface area contributed by atoms with E-state index in [9.17, 15) is 9.18 Å². The minimum atomic E-state index is -0.232. The first-order valence-corrected chi connectivity index (χ1v) is 6.35. The smallest absolute Gasteiger partial charge is 0.234 e. The van der Waals surface area contributed by atoms with E-state index in [0.29, 0.717) is 18.2 Å². The lowest BCUT2D eigenvalue weighted by Crippen LogP contribution is -2.36. The molecule has 4 heteroatoms. The molecule has 1 aromatic rings. The number of aryl methyl sites for hydroxylation is 1. The SMILES string of the molecule is Cc1ccc(C(C)NC(=O)CNC2CC2)cc1F. The van der Waals surface area contributed by atoms with E-state index < -0.39 is 0 Å². The summed E-state index contributed by atoms with van der Waals surface area (Å²) < 4.78 is 13.4. The topological polar surface area (TPSA) is 41.1 Å². The highest BCUT2D eigenvalue weighted by Crippen LogP contribution is 2.18. The average Bonchev–Trinajstić information content (AvgIpc) is 3.14. The number of hydrogen-bond donors (Lipinski definition) is 2. The van der Waals surface area contributed by atoms with Crippen LogP contribution in [-0.2, 0) is 4.79 Å². The van der Waals surface area contributed by atoms with Gasteiger partial charge in [0.15, 0.2) is 0 Å². The van der Waals surface area contributed by atoms with Crippen molar-refractivity contribution in [3.05, 3.63) is 35.1 Å². The van der Waals surface area contributed by atoms with Crippen LogP contribution in [0.3, 0.4) is 0 Å². The van der Waals surface area contributed by atoms with Crippen LogP contribution in [0.2, 0.25) is 0 Å². The fraction of sp³-hybridized carbons (Fsp3) is 0.500. The second-order valence-electron chi connectivity index (χ2n) is 4.95. The summed E-state index contributed by atoms with van der Waals surface area (Å²) in [5, 5.41) is 6.01. The molecule has 1 fully saturated rings. The molecule has 98 valence electrons. The van der Waals surface area contributed by atoms with Crippen LogP contribution in [0, 0.1) is 12.7 Å². The monoisotopic (exact) mass is 250 g/mol. The predicted octanol–water partition coefficient (Wildman–Crippen LogP) is 2.06. The molecular formula is C14H19FN2O. The Bertz CT molecular complexity index is 443. The summed E-state index contributed by atoms with van der Waals surface area (Å²) in [6, 6.07) is 5.40. The lowest BCUT2D eigenvalue weighted by Gasteiger charge is -2.15. The zero-order valence-corrected chi connectivity index (χ0v) is 10.8. The van der Waals surface area contributed by atoms with Gasteiger partial charge >= 0.3 is 0 Å². The number of carbonyl (C=O) groups excluding carboxylic acids is 1. The molecule has 1 amide bonds. The molecule has 0 bridgehead atoms. The van der Waals surface area contributed by atoms with Gasteiger partial charge in [0.25, 0.3) is 0 Å². The molecule has 0 heterocycles. The van der Waals surface area contributed by atoms with Crippen molar-refractivity contribution in [2.45, 2.75) is 38.8 Å². The van der Waals surface area contributed by atoms with Crippen LogP contribution in [0.5, 0.6) is 0 Å². The van der Waals surface area contributed by atoms with Crippen LogP contribution in [0.4, 0.5) is 4.39 Å². The van der Waals surface area contributed by atoms with E-state index >= 15 is 0 Å². The highest BCUT2D eigenvalue weighted by molar-refractivity contribution is 5.78. The lowest BCUT2D eigenvalue weighted by molar-refractivity contribution is -0.120. The summed E-state index contributed by atoms with van der Waals surface area (Å²) in [6.45, 7) is 3.92. The molecule has 0 saturated heterocycles. The molecule has 0 spiro atoms. The van der Waals surface area contributed by atoms with E-state index in [1.165, 1.54) is 6.07 Å². The van der Waals surface area contributed by atoms with Gasteiger partial charge in [-0.3, -0.25) is 4.79 Å². The van der Waals surface area contributed by atoms with Gasteiger partial charge in [0.05, 0.1) is 12.6 Å². The normalized spacial score (nSPS) is 16.4. The maximum absolute atomic E-state index is 13.4. The van der Waals surface area contributed by atoms with Gasteiger partial charge in [-0.15, -0.1) is 0 Å². The molecule has 2 rings (SSSR count). The molecule has 3 nitrogen and oxygen atoms in total. The number of amides is 1. The van der Waals surface area contributed by atoms with E-state index in [4.69, 9.17) is 0 Å². The zero-order chi connectivity index (χ0) is 13.1. The van der Waals surface area contributed by atoms with Crippen LogP contribution in [0.25, 0.3) is 0 Å². The number of rotatable bonds is 5. The summed E-state index contributed by atoms with van der Waals surface area (Å²) in [5.41, 5.74) is 1.41. The average molecular weight is 250 g/mol. The number of hydrogen-bond acceptors (Lipinski definition) is 2. The van der Waals surface area contributed by atoms with Crippen molar-refractivity contribution in [2.24, 2.45) is 0 Å². The quantitative estimate of drug-likeness (QED) is 0.840. The fourth-order valence-corrected chi connectivity index (χ4v) is 1.78. The molecule has 1 aromatic carbocycles. The minimum Gasteiger partial charge on any atom is -0.348 e. The van der Waals surface area contributed by atoms with Gasteiger partial charge in [0, 0.05) is 6.04 Å². The molecule has 2 N–H and O–H groups in total. The third-order valence-corrected chi connectivity index (χ3v) is 3.20. The number of nitrogens with one attached hydrogen (secondary N) is 2. The number of carbonyl (C=O) groups is 1. The summed E-state index contributed by atoms with van der Waals surface area (Å²) in [7, 11) is 0. The van der Waals surface area contributed by atoms with Crippen molar-refractivity contribution in [2.75, 3.05) is 6.54 Å². The molecular weight excluding hydrogens is 231 g/mol. The van der Waals surface area contributed by atoms with Crippen molar-refractivity contribution in [1.82, 2.24) is 10.6 Å². The Morgan fingerprint density at radius 3 is 2.83 bits per heavy atom. The van der Waals surface area contributed by atoms with Crippen molar-refractivity contribution in [1.29, 1.82) is 0 Å². The standard InChI is InChI=1S/C14H19FN2O/c1-9-3-4-11(7-13(9)15)10(2)17-14(18)8-16-12-5-6-12/h3-4,7,10,12,16H,5-6,8H2,1-2H3,(H,17,18). The van der Waals surface area contributed by atoms with E-state index in [2.05, 4.69) is 10.6 Å². The van der Waals surface area contributed by atoms with E-state index in [0.717, 1.165) is 18.4 Å². The highest BCUT2D eigenvalue weighted by Gasteiger charge is 2.21. The summed E-state index contributed by atoms with van der Waals surface area (Å²) in [6.07, 6.45) is 2.32. The van der Waals surface area contributed by atoms with Crippen LogP contribution >= 0.6 is 0 Å². The Kier molecular flexibility index (Phi) is 3.97. The van der Waals surface area contributed by atoms with Crippen LogP contribution < -0.4 is 10.6 Å². The van der Waals surface area contributed by atoms with Gasteiger partial charge < -0.3 is 10.6 Å². The Balaban J connectivity index is 1.87. The van der Waals surface area contributed by atoms with Crippen LogP contribution in [0.15, 0.2) is 18.2 Å². The molecule has 1 atom stereocenters. The number of halogens is 1. The van der Waals surface area contributed by atoms with Crippen molar-refractivity contribution >= 4 is 5.91 Å². The predicted molar refractivity (Wildman–Crippen MR) is 68.7 cm³/mol. The Morgan fingerprint density at radius 1 is 1.50 bits per heavy atom.